The second-order valence-electron chi connectivity index (χ2n) is 4.46. The van der Waals surface area contributed by atoms with Gasteiger partial charge in [-0.15, -0.1) is 12.3 Å². The largest absolute Gasteiger partial charge is 0.469 e. The molecule has 0 spiro atoms. The highest BCUT2D eigenvalue weighted by Gasteiger charge is 2.13. The summed E-state index contributed by atoms with van der Waals surface area (Å²) in [7, 11) is -2.21. The molecule has 0 aliphatic heterocycles. The molecule has 0 aliphatic rings. The molecule has 0 bridgehead atoms. The zero-order valence-electron chi connectivity index (χ0n) is 12.0. The molecule has 1 aromatic rings. The first kappa shape index (κ1) is 17.2. The molecule has 0 amide bonds. The minimum Gasteiger partial charge on any atom is -0.469 e. The van der Waals surface area contributed by atoms with Crippen molar-refractivity contribution < 1.29 is 17.9 Å². The van der Waals surface area contributed by atoms with E-state index in [0.29, 0.717) is 24.9 Å². The summed E-state index contributed by atoms with van der Waals surface area (Å²) in [5.74, 6) is 2.14. The molecule has 0 atom stereocenters. The number of rotatable bonds is 8. The van der Waals surface area contributed by atoms with E-state index in [1.165, 1.54) is 19.2 Å². The first-order valence-corrected chi connectivity index (χ1v) is 8.07. The summed E-state index contributed by atoms with van der Waals surface area (Å²) >= 11 is 0. The lowest BCUT2D eigenvalue weighted by molar-refractivity contribution is -0.139. The maximum absolute atomic E-state index is 12.0. The van der Waals surface area contributed by atoms with Gasteiger partial charge in [0.2, 0.25) is 10.0 Å². The van der Waals surface area contributed by atoms with Crippen LogP contribution in [0.4, 0.5) is 0 Å². The Labute approximate surface area is 125 Å². The first-order valence-electron chi connectivity index (χ1n) is 6.58. The number of benzene rings is 1. The average molecular weight is 309 g/mol. The van der Waals surface area contributed by atoms with Crippen molar-refractivity contribution in [3.05, 3.63) is 29.8 Å². The molecule has 114 valence electrons. The Bertz CT molecular complexity index is 600. The van der Waals surface area contributed by atoms with E-state index in [4.69, 9.17) is 6.42 Å². The highest BCUT2D eigenvalue weighted by molar-refractivity contribution is 7.89. The van der Waals surface area contributed by atoms with Crippen molar-refractivity contribution in [2.24, 2.45) is 0 Å². The normalized spacial score (nSPS) is 10.9. The third-order valence-corrected chi connectivity index (χ3v) is 4.33. The van der Waals surface area contributed by atoms with Gasteiger partial charge in [-0.3, -0.25) is 4.79 Å². The lowest BCUT2D eigenvalue weighted by atomic mass is 10.2. The van der Waals surface area contributed by atoms with Crippen molar-refractivity contribution >= 4 is 16.0 Å². The third kappa shape index (κ3) is 5.98. The highest BCUT2D eigenvalue weighted by Crippen LogP contribution is 2.11. The Morgan fingerprint density at radius 2 is 1.95 bits per heavy atom. The maximum atomic E-state index is 12.0. The zero-order valence-corrected chi connectivity index (χ0v) is 12.8. The minimum atomic E-state index is -3.52. The molecule has 0 unspecified atom stereocenters. The first-order chi connectivity index (χ1) is 9.99. The van der Waals surface area contributed by atoms with Crippen molar-refractivity contribution in [3.63, 3.8) is 0 Å². The topological polar surface area (TPSA) is 72.5 Å². The van der Waals surface area contributed by atoms with Crippen molar-refractivity contribution in [2.75, 3.05) is 13.7 Å². The van der Waals surface area contributed by atoms with Gasteiger partial charge in [-0.25, -0.2) is 13.1 Å². The molecule has 21 heavy (non-hydrogen) atoms. The fourth-order valence-corrected chi connectivity index (χ4v) is 2.74. The summed E-state index contributed by atoms with van der Waals surface area (Å²) in [4.78, 5) is 11.3. The lowest BCUT2D eigenvalue weighted by Gasteiger charge is -2.07. The van der Waals surface area contributed by atoms with E-state index in [9.17, 15) is 13.2 Å². The summed E-state index contributed by atoms with van der Waals surface area (Å²) in [5.41, 5.74) is 0.704. The number of sulfonamides is 1. The number of carbonyl (C=O) groups excluding carboxylic acids is 1. The van der Waals surface area contributed by atoms with E-state index in [1.54, 1.807) is 12.1 Å². The second kappa shape index (κ2) is 8.45. The van der Waals surface area contributed by atoms with Gasteiger partial charge in [0.1, 0.15) is 0 Å². The summed E-state index contributed by atoms with van der Waals surface area (Å²) < 4.78 is 31.1. The van der Waals surface area contributed by atoms with Crippen LogP contribution in [-0.4, -0.2) is 28.0 Å². The maximum Gasteiger partial charge on any atom is 0.309 e. The van der Waals surface area contributed by atoms with Crippen LogP contribution in [0.2, 0.25) is 0 Å². The van der Waals surface area contributed by atoms with Gasteiger partial charge < -0.3 is 4.74 Å². The number of terminal acetylenes is 1. The molecule has 1 rings (SSSR count). The minimum absolute atomic E-state index is 0.121. The predicted molar refractivity (Wildman–Crippen MR) is 80.0 cm³/mol. The molecule has 0 heterocycles. The van der Waals surface area contributed by atoms with Gasteiger partial charge in [0.25, 0.3) is 0 Å². The Kier molecular flexibility index (Phi) is 6.92. The summed E-state index contributed by atoms with van der Waals surface area (Å²) in [6, 6.07) is 6.15. The van der Waals surface area contributed by atoms with Crippen LogP contribution in [0.25, 0.3) is 0 Å². The predicted octanol–water partition coefficient (Wildman–Crippen LogP) is 1.48. The van der Waals surface area contributed by atoms with Crippen LogP contribution in [0.15, 0.2) is 29.2 Å². The Morgan fingerprint density at radius 1 is 1.29 bits per heavy atom. The fourth-order valence-electron chi connectivity index (χ4n) is 1.67. The second-order valence-corrected chi connectivity index (χ2v) is 6.22. The zero-order chi connectivity index (χ0) is 15.7. The van der Waals surface area contributed by atoms with E-state index in [2.05, 4.69) is 15.4 Å². The lowest BCUT2D eigenvalue weighted by Crippen LogP contribution is -2.24. The molecule has 5 nitrogen and oxygen atoms in total. The Morgan fingerprint density at radius 3 is 2.52 bits per heavy atom. The average Bonchev–Trinajstić information content (AvgIpc) is 2.47. The Hall–Kier alpha value is -1.84. The molecule has 0 radical (unpaired) electrons. The number of esters is 1. The molecule has 0 fully saturated rings. The van der Waals surface area contributed by atoms with Gasteiger partial charge >= 0.3 is 5.97 Å². The number of ether oxygens (including phenoxy) is 1. The van der Waals surface area contributed by atoms with Crippen molar-refractivity contribution in [1.82, 2.24) is 4.72 Å². The van der Waals surface area contributed by atoms with Crippen LogP contribution in [0.1, 0.15) is 24.8 Å². The van der Waals surface area contributed by atoms with Crippen LogP contribution in [0.3, 0.4) is 0 Å². The van der Waals surface area contributed by atoms with Gasteiger partial charge in [-0.2, -0.15) is 0 Å². The van der Waals surface area contributed by atoms with Crippen molar-refractivity contribution in [1.29, 1.82) is 0 Å². The Balaban J connectivity index is 2.59. The van der Waals surface area contributed by atoms with Crippen molar-refractivity contribution in [2.45, 2.75) is 30.6 Å². The number of carbonyl (C=O) groups is 1. The van der Waals surface area contributed by atoms with Gasteiger partial charge in [-0.1, -0.05) is 12.1 Å². The van der Waals surface area contributed by atoms with Gasteiger partial charge in [0.15, 0.2) is 0 Å². The number of hydrogen-bond acceptors (Lipinski definition) is 4. The van der Waals surface area contributed by atoms with Gasteiger partial charge in [0.05, 0.1) is 18.4 Å². The molecular formula is C15H19NO4S. The van der Waals surface area contributed by atoms with E-state index in [0.717, 1.165) is 6.42 Å². The summed E-state index contributed by atoms with van der Waals surface area (Å²) in [5, 5.41) is 0. The van der Waals surface area contributed by atoms with E-state index in [1.807, 2.05) is 0 Å². The third-order valence-electron chi connectivity index (χ3n) is 2.85. The van der Waals surface area contributed by atoms with Crippen LogP contribution in [0.5, 0.6) is 0 Å². The van der Waals surface area contributed by atoms with Gasteiger partial charge in [0, 0.05) is 13.0 Å². The number of hydrogen-bond donors (Lipinski definition) is 1. The summed E-state index contributed by atoms with van der Waals surface area (Å²) in [6.45, 7) is 0.355. The van der Waals surface area contributed by atoms with Crippen LogP contribution in [-0.2, 0) is 26.0 Å². The molecule has 0 aliphatic carbocycles. The fraction of sp³-hybridized carbons (Fsp3) is 0.400. The van der Waals surface area contributed by atoms with E-state index < -0.39 is 10.0 Å². The number of nitrogens with one attached hydrogen (secondary N) is 1. The molecule has 0 aromatic heterocycles. The number of methoxy groups -OCH3 is 1. The van der Waals surface area contributed by atoms with Crippen LogP contribution < -0.4 is 4.72 Å². The molecule has 1 N–H and O–H groups in total. The van der Waals surface area contributed by atoms with Crippen LogP contribution in [0, 0.1) is 12.3 Å². The summed E-state index contributed by atoms with van der Waals surface area (Å²) in [6.07, 6.45) is 7.38. The monoisotopic (exact) mass is 309 g/mol. The van der Waals surface area contributed by atoms with Crippen molar-refractivity contribution in [3.8, 4) is 12.3 Å². The molecule has 1 aromatic carbocycles. The molecule has 0 saturated carbocycles. The SMILES string of the molecule is C#CCCCCNS(=O)(=O)c1ccc(CC(=O)OC)cc1. The molecule has 6 heteroatoms. The standard InChI is InChI=1S/C15H19NO4S/c1-3-4-5-6-11-16-21(18,19)14-9-7-13(8-10-14)12-15(17)20-2/h1,7-10,16H,4-6,11-12H2,2H3. The van der Waals surface area contributed by atoms with E-state index in [-0.39, 0.29) is 17.3 Å². The van der Waals surface area contributed by atoms with Gasteiger partial charge in [-0.05, 0) is 30.5 Å². The van der Waals surface area contributed by atoms with Crippen LogP contribution >= 0.6 is 0 Å². The smallest absolute Gasteiger partial charge is 0.309 e. The molecule has 0 saturated heterocycles. The molecular weight excluding hydrogens is 290 g/mol. The highest BCUT2D eigenvalue weighted by atomic mass is 32.2. The number of unbranched alkanes of at least 4 members (excludes halogenated alkanes) is 2. The van der Waals surface area contributed by atoms with E-state index >= 15 is 0 Å². The quantitative estimate of drug-likeness (QED) is 0.448.